The fourth-order valence-corrected chi connectivity index (χ4v) is 22.6. The molecule has 0 aromatic heterocycles. The van der Waals surface area contributed by atoms with E-state index in [1.54, 1.807) is 24.4 Å². The molecule has 0 aliphatic rings. The van der Waals surface area contributed by atoms with Gasteiger partial charge in [0.25, 0.3) is 0 Å². The molecule has 0 aliphatic carbocycles. The number of benzene rings is 1. The topological polar surface area (TPSA) is 0 Å². The van der Waals surface area contributed by atoms with Crippen molar-refractivity contribution in [1.82, 2.24) is 0 Å². The number of hydrogen-bond donors (Lipinski definition) is 0. The summed E-state index contributed by atoms with van der Waals surface area (Å²) in [5, 5.41) is 0. The van der Waals surface area contributed by atoms with E-state index in [1.165, 1.54) is 44.1 Å². The van der Waals surface area contributed by atoms with E-state index in [0.29, 0.717) is 0 Å². The third-order valence-corrected chi connectivity index (χ3v) is 21.7. The summed E-state index contributed by atoms with van der Waals surface area (Å²) in [5.74, 6) is 0. The molecule has 0 unspecified atom stereocenters. The van der Waals surface area contributed by atoms with E-state index in [0.717, 1.165) is 0 Å². The van der Waals surface area contributed by atoms with Gasteiger partial charge < -0.3 is 0 Å². The van der Waals surface area contributed by atoms with Gasteiger partial charge in [-0.1, -0.05) is 0 Å². The number of unbranched alkanes of at least 4 members (excludes halogenated alkanes) is 3. The van der Waals surface area contributed by atoms with Gasteiger partial charge in [0.2, 0.25) is 0 Å². The van der Waals surface area contributed by atoms with Gasteiger partial charge in [-0.15, -0.1) is 0 Å². The summed E-state index contributed by atoms with van der Waals surface area (Å²) in [6, 6.07) is 4.91. The van der Waals surface area contributed by atoms with Crippen LogP contribution in [0.4, 0.5) is 0 Å². The predicted molar refractivity (Wildman–Crippen MR) is 105 cm³/mol. The molecule has 1 aromatic carbocycles. The second-order valence-corrected chi connectivity index (χ2v) is 20.4. The van der Waals surface area contributed by atoms with Gasteiger partial charge in [-0.25, -0.2) is 0 Å². The normalized spacial score (nSPS) is 11.9. The molecule has 1 aromatic rings. The third-order valence-electron chi connectivity index (χ3n) is 5.23. The molecule has 0 fully saturated rings. The summed E-state index contributed by atoms with van der Waals surface area (Å²) in [6.45, 7) is 14.1. The zero-order chi connectivity index (χ0) is 16.6. The minimum absolute atomic E-state index is 1.36. The van der Waals surface area contributed by atoms with E-state index >= 15 is 0 Å². The van der Waals surface area contributed by atoms with Gasteiger partial charge in [0.05, 0.1) is 0 Å². The van der Waals surface area contributed by atoms with E-state index in [4.69, 9.17) is 0 Å². The second kappa shape index (κ2) is 10.0. The predicted octanol–water partition coefficient (Wildman–Crippen LogP) is 6.67. The van der Waals surface area contributed by atoms with Gasteiger partial charge in [-0.05, 0) is 0 Å². The Kier molecular flexibility index (Phi) is 9.12. The molecule has 0 aliphatic heterocycles. The van der Waals surface area contributed by atoms with Crippen LogP contribution in [0.15, 0.2) is 12.1 Å². The molecule has 0 spiro atoms. The van der Waals surface area contributed by atoms with Gasteiger partial charge in [-0.2, -0.15) is 0 Å². The molecule has 0 bridgehead atoms. The summed E-state index contributed by atoms with van der Waals surface area (Å²) < 4.78 is 6.64. The average Bonchev–Trinajstić information content (AvgIpc) is 2.47. The van der Waals surface area contributed by atoms with Crippen molar-refractivity contribution in [3.05, 3.63) is 28.8 Å². The molecule has 0 saturated carbocycles. The molecular formula is C21H38Sn. The summed E-state index contributed by atoms with van der Waals surface area (Å²) in [7, 11) is 0. The molecule has 1 rings (SSSR count). The summed E-state index contributed by atoms with van der Waals surface area (Å²) in [5.41, 5.74) is 4.69. The standard InChI is InChI=1S/C9H11.3C4H9.Sn/c1-7-4-8(2)6-9(3)5-7;3*1-3-4-2;/h4-5H,1-3H3;3*1,3-4H2,2H3;. The Hall–Kier alpha value is 0.0187. The molecule has 1 heteroatoms. The Bertz CT molecular complexity index is 402. The van der Waals surface area contributed by atoms with Crippen LogP contribution in [0.1, 0.15) is 76.0 Å². The Morgan fingerprint density at radius 1 is 0.682 bits per heavy atom. The maximum atomic E-state index is 2.46. The number of hydrogen-bond acceptors (Lipinski definition) is 0. The van der Waals surface area contributed by atoms with Gasteiger partial charge >= 0.3 is 144 Å². The van der Waals surface area contributed by atoms with E-state index < -0.39 is 18.4 Å². The molecule has 126 valence electrons. The molecule has 0 amide bonds. The zero-order valence-corrected chi connectivity index (χ0v) is 18.9. The first-order valence-corrected chi connectivity index (χ1v) is 17.1. The quantitative estimate of drug-likeness (QED) is 0.379. The van der Waals surface area contributed by atoms with Crippen LogP contribution in [0.2, 0.25) is 13.3 Å². The van der Waals surface area contributed by atoms with Crippen LogP contribution in [0, 0.1) is 20.8 Å². The first-order chi connectivity index (χ1) is 10.5. The van der Waals surface area contributed by atoms with Crippen molar-refractivity contribution in [3.8, 4) is 0 Å². The molecule has 0 saturated heterocycles. The Labute approximate surface area is 144 Å². The summed E-state index contributed by atoms with van der Waals surface area (Å²) >= 11 is -2.25. The van der Waals surface area contributed by atoms with Gasteiger partial charge in [0.1, 0.15) is 0 Å². The van der Waals surface area contributed by atoms with Crippen LogP contribution in [-0.2, 0) is 0 Å². The monoisotopic (exact) mass is 410 g/mol. The molecular weight excluding hydrogens is 371 g/mol. The van der Waals surface area contributed by atoms with Crippen LogP contribution in [0.5, 0.6) is 0 Å². The fourth-order valence-electron chi connectivity index (χ4n) is 4.31. The van der Waals surface area contributed by atoms with Crippen molar-refractivity contribution in [2.24, 2.45) is 0 Å². The molecule has 0 nitrogen and oxygen atoms in total. The van der Waals surface area contributed by atoms with Crippen molar-refractivity contribution in [2.75, 3.05) is 0 Å². The van der Waals surface area contributed by atoms with Crippen LogP contribution in [-0.4, -0.2) is 18.4 Å². The number of rotatable bonds is 10. The first-order valence-electron chi connectivity index (χ1n) is 9.59. The number of aryl methyl sites for hydroxylation is 3. The maximum absolute atomic E-state index is 2.46. The zero-order valence-electron chi connectivity index (χ0n) is 16.0. The van der Waals surface area contributed by atoms with Crippen molar-refractivity contribution in [3.63, 3.8) is 0 Å². The SMILES string of the molecule is CCC[CH2][Sn]([CH2]CCC)([CH2]CCC)[c]1c(C)cc(C)cc1C. The van der Waals surface area contributed by atoms with Crippen molar-refractivity contribution < 1.29 is 0 Å². The van der Waals surface area contributed by atoms with Crippen LogP contribution in [0.3, 0.4) is 0 Å². The summed E-state index contributed by atoms with van der Waals surface area (Å²) in [6.07, 6.45) is 8.45. The Balaban J connectivity index is 3.31. The van der Waals surface area contributed by atoms with Crippen molar-refractivity contribution >= 4 is 22.0 Å². The molecule has 0 N–H and O–H groups in total. The van der Waals surface area contributed by atoms with Crippen LogP contribution in [0.25, 0.3) is 0 Å². The van der Waals surface area contributed by atoms with Crippen molar-refractivity contribution in [1.29, 1.82) is 0 Å². The Morgan fingerprint density at radius 3 is 1.36 bits per heavy atom. The average molecular weight is 409 g/mol. The van der Waals surface area contributed by atoms with Crippen LogP contribution < -0.4 is 3.58 Å². The van der Waals surface area contributed by atoms with Gasteiger partial charge in [0.15, 0.2) is 0 Å². The molecule has 0 atom stereocenters. The van der Waals surface area contributed by atoms with Crippen molar-refractivity contribution in [2.45, 2.75) is 93.4 Å². The fraction of sp³-hybridized carbons (Fsp3) is 0.714. The van der Waals surface area contributed by atoms with E-state index in [2.05, 4.69) is 53.7 Å². The minimum atomic E-state index is -2.25. The molecule has 0 heterocycles. The second-order valence-electron chi connectivity index (χ2n) is 7.36. The molecule has 0 radical (unpaired) electrons. The van der Waals surface area contributed by atoms with Crippen LogP contribution >= 0.6 is 0 Å². The van der Waals surface area contributed by atoms with Gasteiger partial charge in [0, 0.05) is 0 Å². The third kappa shape index (κ3) is 5.28. The van der Waals surface area contributed by atoms with E-state index in [1.807, 2.05) is 3.58 Å². The van der Waals surface area contributed by atoms with E-state index in [-0.39, 0.29) is 0 Å². The van der Waals surface area contributed by atoms with E-state index in [9.17, 15) is 0 Å². The summed E-state index contributed by atoms with van der Waals surface area (Å²) in [4.78, 5) is 0. The Morgan fingerprint density at radius 2 is 1.05 bits per heavy atom. The first kappa shape index (κ1) is 20.1. The van der Waals surface area contributed by atoms with Gasteiger partial charge in [-0.3, -0.25) is 0 Å². The molecule has 22 heavy (non-hydrogen) atoms.